The number of nitrogens with one attached hydrogen (secondary N) is 2. The molecule has 0 saturated heterocycles. The molecule has 0 spiro atoms. The minimum Gasteiger partial charge on any atom is -0.370 e. The van der Waals surface area contributed by atoms with Crippen molar-refractivity contribution in [1.29, 1.82) is 0 Å². The molecule has 0 fully saturated rings. The van der Waals surface area contributed by atoms with Gasteiger partial charge in [0.25, 0.3) is 0 Å². The standard InChI is InChI=1S/C15H19BrN4/c1-10(2)9-18-14-6-7-17-15(20-14)19-12-5-4-11(3)13(16)8-12/h4-8,10H,9H2,1-3H3,(H2,17,18,19,20). The van der Waals surface area contributed by atoms with E-state index >= 15 is 0 Å². The van der Waals surface area contributed by atoms with Gasteiger partial charge in [-0.25, -0.2) is 4.98 Å². The summed E-state index contributed by atoms with van der Waals surface area (Å²) in [6.45, 7) is 7.28. The van der Waals surface area contributed by atoms with Crippen LogP contribution in [0.2, 0.25) is 0 Å². The molecule has 0 saturated carbocycles. The Morgan fingerprint density at radius 1 is 1.25 bits per heavy atom. The van der Waals surface area contributed by atoms with Crippen molar-refractivity contribution >= 4 is 33.4 Å². The summed E-state index contributed by atoms with van der Waals surface area (Å²) in [5.41, 5.74) is 2.16. The van der Waals surface area contributed by atoms with E-state index in [1.165, 1.54) is 5.56 Å². The topological polar surface area (TPSA) is 49.8 Å². The molecule has 0 aliphatic rings. The van der Waals surface area contributed by atoms with Gasteiger partial charge in [0.05, 0.1) is 0 Å². The zero-order chi connectivity index (χ0) is 14.5. The Morgan fingerprint density at radius 3 is 2.75 bits per heavy atom. The Balaban J connectivity index is 2.08. The molecule has 1 aromatic heterocycles. The van der Waals surface area contributed by atoms with Crippen molar-refractivity contribution in [3.05, 3.63) is 40.5 Å². The van der Waals surface area contributed by atoms with Crippen LogP contribution in [0.15, 0.2) is 34.9 Å². The summed E-state index contributed by atoms with van der Waals surface area (Å²) in [4.78, 5) is 8.68. The fourth-order valence-corrected chi connectivity index (χ4v) is 2.00. The van der Waals surface area contributed by atoms with Gasteiger partial charge in [-0.15, -0.1) is 0 Å². The zero-order valence-corrected chi connectivity index (χ0v) is 13.5. The van der Waals surface area contributed by atoms with Gasteiger partial charge in [0.15, 0.2) is 0 Å². The van der Waals surface area contributed by atoms with Gasteiger partial charge >= 0.3 is 0 Å². The Morgan fingerprint density at radius 2 is 2.05 bits per heavy atom. The normalized spacial score (nSPS) is 10.7. The predicted octanol–water partition coefficient (Wildman–Crippen LogP) is 4.36. The third-order valence-electron chi connectivity index (χ3n) is 2.77. The van der Waals surface area contributed by atoms with Gasteiger partial charge in [-0.3, -0.25) is 0 Å². The first-order valence-electron chi connectivity index (χ1n) is 6.64. The van der Waals surface area contributed by atoms with Crippen LogP contribution in [0.1, 0.15) is 19.4 Å². The van der Waals surface area contributed by atoms with Gasteiger partial charge < -0.3 is 10.6 Å². The van der Waals surface area contributed by atoms with E-state index in [0.717, 1.165) is 22.5 Å². The first-order chi connectivity index (χ1) is 9.54. The second-order valence-corrected chi connectivity index (χ2v) is 5.98. The minimum absolute atomic E-state index is 0.578. The molecule has 4 nitrogen and oxygen atoms in total. The van der Waals surface area contributed by atoms with Crippen molar-refractivity contribution in [3.63, 3.8) is 0 Å². The van der Waals surface area contributed by atoms with Gasteiger partial charge in [0.2, 0.25) is 5.95 Å². The lowest BCUT2D eigenvalue weighted by molar-refractivity contribution is 0.687. The minimum atomic E-state index is 0.578. The summed E-state index contributed by atoms with van der Waals surface area (Å²) in [7, 11) is 0. The molecule has 0 aliphatic heterocycles. The quantitative estimate of drug-likeness (QED) is 0.852. The maximum Gasteiger partial charge on any atom is 0.229 e. The van der Waals surface area contributed by atoms with Crippen molar-refractivity contribution < 1.29 is 0 Å². The van der Waals surface area contributed by atoms with E-state index in [-0.39, 0.29) is 0 Å². The summed E-state index contributed by atoms with van der Waals surface area (Å²) in [5, 5.41) is 6.50. The molecule has 1 aromatic carbocycles. The predicted molar refractivity (Wildman–Crippen MR) is 87.5 cm³/mol. The van der Waals surface area contributed by atoms with Crippen molar-refractivity contribution in [2.45, 2.75) is 20.8 Å². The molecular weight excluding hydrogens is 316 g/mol. The summed E-state index contributed by atoms with van der Waals surface area (Å²) in [5.74, 6) is 2.01. The highest BCUT2D eigenvalue weighted by molar-refractivity contribution is 9.10. The highest BCUT2D eigenvalue weighted by Crippen LogP contribution is 2.22. The van der Waals surface area contributed by atoms with Gasteiger partial charge in [-0.05, 0) is 36.6 Å². The van der Waals surface area contributed by atoms with Crippen molar-refractivity contribution in [2.24, 2.45) is 5.92 Å². The Bertz CT molecular complexity index is 584. The lowest BCUT2D eigenvalue weighted by atomic mass is 10.2. The molecular formula is C15H19BrN4. The summed E-state index contributed by atoms with van der Waals surface area (Å²) in [6.07, 6.45) is 1.75. The lowest BCUT2D eigenvalue weighted by Gasteiger charge is -2.10. The number of anilines is 3. The second kappa shape index (κ2) is 6.70. The molecule has 2 aromatic rings. The molecule has 1 heterocycles. The van der Waals surface area contributed by atoms with Gasteiger partial charge in [0.1, 0.15) is 5.82 Å². The van der Waals surface area contributed by atoms with Crippen LogP contribution >= 0.6 is 15.9 Å². The van der Waals surface area contributed by atoms with E-state index in [4.69, 9.17) is 0 Å². The van der Waals surface area contributed by atoms with E-state index in [1.54, 1.807) is 6.20 Å². The molecule has 106 valence electrons. The van der Waals surface area contributed by atoms with E-state index in [2.05, 4.69) is 57.3 Å². The van der Waals surface area contributed by atoms with Crippen LogP contribution in [-0.4, -0.2) is 16.5 Å². The summed E-state index contributed by atoms with van der Waals surface area (Å²) < 4.78 is 1.07. The molecule has 0 radical (unpaired) electrons. The Hall–Kier alpha value is -1.62. The SMILES string of the molecule is Cc1ccc(Nc2nccc(NCC(C)C)n2)cc1Br. The number of hydrogen-bond acceptors (Lipinski definition) is 4. The maximum absolute atomic E-state index is 4.44. The second-order valence-electron chi connectivity index (χ2n) is 5.13. The molecule has 5 heteroatoms. The first-order valence-corrected chi connectivity index (χ1v) is 7.44. The number of rotatable bonds is 5. The highest BCUT2D eigenvalue weighted by atomic mass is 79.9. The van der Waals surface area contributed by atoms with Crippen LogP contribution in [0.5, 0.6) is 0 Å². The fraction of sp³-hybridized carbons (Fsp3) is 0.333. The highest BCUT2D eigenvalue weighted by Gasteiger charge is 2.02. The molecule has 0 amide bonds. The molecule has 20 heavy (non-hydrogen) atoms. The third kappa shape index (κ3) is 4.20. The monoisotopic (exact) mass is 334 g/mol. The van der Waals surface area contributed by atoms with Crippen LogP contribution in [0, 0.1) is 12.8 Å². The van der Waals surface area contributed by atoms with Crippen LogP contribution in [0.25, 0.3) is 0 Å². The van der Waals surface area contributed by atoms with Crippen LogP contribution in [-0.2, 0) is 0 Å². The largest absolute Gasteiger partial charge is 0.370 e. The van der Waals surface area contributed by atoms with Crippen molar-refractivity contribution in [2.75, 3.05) is 17.2 Å². The number of aromatic nitrogens is 2. The van der Waals surface area contributed by atoms with E-state index in [1.807, 2.05) is 24.3 Å². The molecule has 2 N–H and O–H groups in total. The van der Waals surface area contributed by atoms with Crippen molar-refractivity contribution in [3.8, 4) is 0 Å². The number of nitrogens with zero attached hydrogens (tertiary/aromatic N) is 2. The van der Waals surface area contributed by atoms with Gasteiger partial charge in [-0.1, -0.05) is 35.8 Å². The maximum atomic E-state index is 4.44. The third-order valence-corrected chi connectivity index (χ3v) is 3.63. The molecule has 0 atom stereocenters. The molecule has 0 aliphatic carbocycles. The van der Waals surface area contributed by atoms with Crippen LogP contribution in [0.3, 0.4) is 0 Å². The lowest BCUT2D eigenvalue weighted by Crippen LogP contribution is -2.10. The Labute approximate surface area is 128 Å². The van der Waals surface area contributed by atoms with Crippen LogP contribution in [0.4, 0.5) is 17.5 Å². The van der Waals surface area contributed by atoms with E-state index in [0.29, 0.717) is 11.9 Å². The van der Waals surface area contributed by atoms with Crippen LogP contribution < -0.4 is 10.6 Å². The number of hydrogen-bond donors (Lipinski definition) is 2. The number of halogens is 1. The van der Waals surface area contributed by atoms with Gasteiger partial charge in [-0.2, -0.15) is 4.98 Å². The first kappa shape index (κ1) is 14.8. The zero-order valence-electron chi connectivity index (χ0n) is 11.9. The molecule has 0 bridgehead atoms. The number of benzene rings is 1. The van der Waals surface area contributed by atoms with E-state index < -0.39 is 0 Å². The van der Waals surface area contributed by atoms with E-state index in [9.17, 15) is 0 Å². The van der Waals surface area contributed by atoms with Gasteiger partial charge in [0, 0.05) is 22.9 Å². The smallest absolute Gasteiger partial charge is 0.229 e. The number of aryl methyl sites for hydroxylation is 1. The Kier molecular flexibility index (Phi) is 4.95. The summed E-state index contributed by atoms with van der Waals surface area (Å²) in [6, 6.07) is 7.95. The fourth-order valence-electron chi connectivity index (χ4n) is 1.63. The molecule has 2 rings (SSSR count). The molecule has 0 unspecified atom stereocenters. The average Bonchev–Trinajstić information content (AvgIpc) is 2.41. The summed E-state index contributed by atoms with van der Waals surface area (Å²) >= 11 is 3.52. The average molecular weight is 335 g/mol. The van der Waals surface area contributed by atoms with Crippen molar-refractivity contribution in [1.82, 2.24) is 9.97 Å².